The van der Waals surface area contributed by atoms with Gasteiger partial charge in [-0.2, -0.15) is 4.98 Å². The number of aromatic nitrogens is 2. The summed E-state index contributed by atoms with van der Waals surface area (Å²) in [6.07, 6.45) is 1.01. The van der Waals surface area contributed by atoms with Crippen molar-refractivity contribution >= 4 is 11.8 Å². The molecule has 3 N–H and O–H groups in total. The second-order valence-electron chi connectivity index (χ2n) is 4.59. The molecule has 0 amide bonds. The van der Waals surface area contributed by atoms with Crippen LogP contribution in [0.15, 0.2) is 6.07 Å². The second-order valence-corrected chi connectivity index (χ2v) is 4.59. The summed E-state index contributed by atoms with van der Waals surface area (Å²) < 4.78 is 5.39. The fourth-order valence-electron chi connectivity index (χ4n) is 2.04. The first kappa shape index (κ1) is 13.0. The van der Waals surface area contributed by atoms with Crippen LogP contribution in [0.1, 0.15) is 18.0 Å². The normalized spacial score (nSPS) is 19.1. The summed E-state index contributed by atoms with van der Waals surface area (Å²) in [5.41, 5.74) is 6.78. The monoisotopic (exact) mass is 251 g/mol. The van der Waals surface area contributed by atoms with E-state index in [1.165, 1.54) is 0 Å². The zero-order chi connectivity index (χ0) is 13.0. The van der Waals surface area contributed by atoms with E-state index < -0.39 is 0 Å². The zero-order valence-electron chi connectivity index (χ0n) is 11.0. The molecule has 2 heterocycles. The van der Waals surface area contributed by atoms with Gasteiger partial charge in [-0.05, 0) is 13.5 Å². The Labute approximate surface area is 108 Å². The SMILES string of the molecule is CNCCN(C)c1cc(C2CCOC2)nc(N)n1. The molecule has 18 heavy (non-hydrogen) atoms. The third kappa shape index (κ3) is 3.08. The third-order valence-electron chi connectivity index (χ3n) is 3.19. The summed E-state index contributed by atoms with van der Waals surface area (Å²) in [5, 5.41) is 3.12. The Morgan fingerprint density at radius 2 is 2.39 bits per heavy atom. The summed E-state index contributed by atoms with van der Waals surface area (Å²) in [7, 11) is 3.94. The van der Waals surface area contributed by atoms with Crippen LogP contribution in [0.25, 0.3) is 0 Å². The lowest BCUT2D eigenvalue weighted by Gasteiger charge is -2.19. The molecule has 6 nitrogen and oxygen atoms in total. The van der Waals surface area contributed by atoms with Gasteiger partial charge in [0.2, 0.25) is 5.95 Å². The summed E-state index contributed by atoms with van der Waals surface area (Å²) in [4.78, 5) is 10.7. The lowest BCUT2D eigenvalue weighted by Crippen LogP contribution is -2.28. The summed E-state index contributed by atoms with van der Waals surface area (Å²) in [6, 6.07) is 2.02. The number of likely N-dealkylation sites (N-methyl/N-ethyl adjacent to an activating group) is 2. The average Bonchev–Trinajstić information content (AvgIpc) is 2.89. The van der Waals surface area contributed by atoms with Crippen molar-refractivity contribution in [2.24, 2.45) is 0 Å². The van der Waals surface area contributed by atoms with Gasteiger partial charge in [-0.15, -0.1) is 0 Å². The predicted octanol–water partition coefficient (Wildman–Crippen LogP) is 0.218. The van der Waals surface area contributed by atoms with Gasteiger partial charge in [0.15, 0.2) is 0 Å². The van der Waals surface area contributed by atoms with E-state index in [9.17, 15) is 0 Å². The largest absolute Gasteiger partial charge is 0.381 e. The highest BCUT2D eigenvalue weighted by Gasteiger charge is 2.20. The zero-order valence-corrected chi connectivity index (χ0v) is 11.0. The molecule has 6 heteroatoms. The first-order valence-corrected chi connectivity index (χ1v) is 6.28. The number of hydrogen-bond acceptors (Lipinski definition) is 6. The molecule has 1 aromatic rings. The fourth-order valence-corrected chi connectivity index (χ4v) is 2.04. The number of nitrogen functional groups attached to an aromatic ring is 1. The number of nitrogens with two attached hydrogens (primary N) is 1. The molecule has 0 radical (unpaired) electrons. The molecule has 1 fully saturated rings. The van der Waals surface area contributed by atoms with Crippen LogP contribution in [0, 0.1) is 0 Å². The number of ether oxygens (including phenoxy) is 1. The smallest absolute Gasteiger partial charge is 0.222 e. The molecule has 1 aromatic heterocycles. The van der Waals surface area contributed by atoms with Crippen LogP contribution in [0.3, 0.4) is 0 Å². The molecule has 0 bridgehead atoms. The predicted molar refractivity (Wildman–Crippen MR) is 71.8 cm³/mol. The van der Waals surface area contributed by atoms with E-state index in [4.69, 9.17) is 10.5 Å². The molecular formula is C12H21N5O. The quantitative estimate of drug-likeness (QED) is 0.779. The van der Waals surface area contributed by atoms with Crippen LogP contribution >= 0.6 is 0 Å². The Morgan fingerprint density at radius 1 is 1.56 bits per heavy atom. The Kier molecular flexibility index (Phi) is 4.33. The maximum Gasteiger partial charge on any atom is 0.222 e. The van der Waals surface area contributed by atoms with Crippen molar-refractivity contribution in [2.75, 3.05) is 51.0 Å². The van der Waals surface area contributed by atoms with E-state index in [0.29, 0.717) is 11.9 Å². The van der Waals surface area contributed by atoms with Gasteiger partial charge < -0.3 is 20.7 Å². The maximum atomic E-state index is 5.79. The van der Waals surface area contributed by atoms with Gasteiger partial charge in [0.1, 0.15) is 5.82 Å². The molecule has 0 aromatic carbocycles. The minimum atomic E-state index is 0.339. The number of hydrogen-bond donors (Lipinski definition) is 2. The Balaban J connectivity index is 2.14. The standard InChI is InChI=1S/C12H21N5O/c1-14-4-5-17(2)11-7-10(15-12(13)16-11)9-3-6-18-8-9/h7,9,14H,3-6,8H2,1-2H3,(H2,13,15,16). The van der Waals surface area contributed by atoms with Crippen molar-refractivity contribution in [3.63, 3.8) is 0 Å². The lowest BCUT2D eigenvalue weighted by atomic mass is 10.0. The summed E-state index contributed by atoms with van der Waals surface area (Å²) >= 11 is 0. The topological polar surface area (TPSA) is 76.3 Å². The van der Waals surface area contributed by atoms with Crippen molar-refractivity contribution in [3.8, 4) is 0 Å². The first-order valence-electron chi connectivity index (χ1n) is 6.28. The molecule has 1 unspecified atom stereocenters. The Morgan fingerprint density at radius 3 is 3.06 bits per heavy atom. The van der Waals surface area contributed by atoms with Crippen LogP contribution in [0.4, 0.5) is 11.8 Å². The van der Waals surface area contributed by atoms with Crippen molar-refractivity contribution in [1.29, 1.82) is 0 Å². The number of nitrogens with one attached hydrogen (secondary N) is 1. The Hall–Kier alpha value is -1.40. The van der Waals surface area contributed by atoms with E-state index in [1.807, 2.05) is 20.2 Å². The molecule has 1 saturated heterocycles. The highest BCUT2D eigenvalue weighted by molar-refractivity contribution is 5.43. The Bertz CT molecular complexity index is 392. The van der Waals surface area contributed by atoms with E-state index >= 15 is 0 Å². The molecule has 2 rings (SSSR count). The maximum absolute atomic E-state index is 5.79. The minimum Gasteiger partial charge on any atom is -0.381 e. The third-order valence-corrected chi connectivity index (χ3v) is 3.19. The van der Waals surface area contributed by atoms with Gasteiger partial charge in [0.25, 0.3) is 0 Å². The van der Waals surface area contributed by atoms with Crippen LogP contribution in [-0.4, -0.2) is 50.4 Å². The highest BCUT2D eigenvalue weighted by Crippen LogP contribution is 2.26. The number of nitrogens with zero attached hydrogens (tertiary/aromatic N) is 3. The van der Waals surface area contributed by atoms with Crippen LogP contribution in [0.2, 0.25) is 0 Å². The van der Waals surface area contributed by atoms with Crippen molar-refractivity contribution in [2.45, 2.75) is 12.3 Å². The minimum absolute atomic E-state index is 0.339. The molecule has 0 spiro atoms. The second kappa shape index (κ2) is 5.97. The van der Waals surface area contributed by atoms with Crippen LogP contribution in [0.5, 0.6) is 0 Å². The molecule has 0 aliphatic carbocycles. The first-order chi connectivity index (χ1) is 8.70. The van der Waals surface area contributed by atoms with Crippen LogP contribution < -0.4 is 16.0 Å². The van der Waals surface area contributed by atoms with Crippen molar-refractivity contribution in [3.05, 3.63) is 11.8 Å². The highest BCUT2D eigenvalue weighted by atomic mass is 16.5. The van der Waals surface area contributed by atoms with Gasteiger partial charge in [-0.1, -0.05) is 0 Å². The van der Waals surface area contributed by atoms with Crippen molar-refractivity contribution < 1.29 is 4.74 Å². The van der Waals surface area contributed by atoms with E-state index in [2.05, 4.69) is 20.2 Å². The van der Waals surface area contributed by atoms with E-state index in [1.54, 1.807) is 0 Å². The van der Waals surface area contributed by atoms with E-state index in [0.717, 1.165) is 44.2 Å². The van der Waals surface area contributed by atoms with E-state index in [-0.39, 0.29) is 0 Å². The molecule has 1 aliphatic heterocycles. The molecule has 100 valence electrons. The summed E-state index contributed by atoms with van der Waals surface area (Å²) in [6.45, 7) is 3.32. The fraction of sp³-hybridized carbons (Fsp3) is 0.667. The lowest BCUT2D eigenvalue weighted by molar-refractivity contribution is 0.193. The summed E-state index contributed by atoms with van der Waals surface area (Å²) in [5.74, 6) is 1.57. The molecule has 1 atom stereocenters. The van der Waals surface area contributed by atoms with Gasteiger partial charge in [0, 0.05) is 38.7 Å². The van der Waals surface area contributed by atoms with Crippen LogP contribution in [-0.2, 0) is 4.74 Å². The van der Waals surface area contributed by atoms with Gasteiger partial charge in [-0.3, -0.25) is 0 Å². The van der Waals surface area contributed by atoms with Gasteiger partial charge in [0.05, 0.1) is 12.3 Å². The molecule has 0 saturated carbocycles. The van der Waals surface area contributed by atoms with Gasteiger partial charge in [-0.25, -0.2) is 4.98 Å². The number of anilines is 2. The van der Waals surface area contributed by atoms with Gasteiger partial charge >= 0.3 is 0 Å². The molecular weight excluding hydrogens is 230 g/mol. The average molecular weight is 251 g/mol. The van der Waals surface area contributed by atoms with Crippen molar-refractivity contribution in [1.82, 2.24) is 15.3 Å². The number of rotatable bonds is 5. The molecule has 1 aliphatic rings.